The van der Waals surface area contributed by atoms with Crippen LogP contribution < -0.4 is 10.6 Å². The number of anilines is 2. The van der Waals surface area contributed by atoms with Gasteiger partial charge in [0, 0.05) is 37.8 Å². The quantitative estimate of drug-likeness (QED) is 0.446. The van der Waals surface area contributed by atoms with Crippen molar-refractivity contribution in [3.63, 3.8) is 0 Å². The largest absolute Gasteiger partial charge is 0.383 e. The number of fused-ring (bicyclic) bond motifs is 1. The van der Waals surface area contributed by atoms with Gasteiger partial charge in [-0.25, -0.2) is 9.67 Å². The first-order valence-corrected chi connectivity index (χ1v) is 11.7. The molecule has 170 valence electrons. The minimum absolute atomic E-state index is 0.436. The number of aromatic nitrogens is 4. The molecule has 33 heavy (non-hydrogen) atoms. The minimum Gasteiger partial charge on any atom is -0.383 e. The molecule has 0 saturated carbocycles. The number of rotatable bonds is 4. The van der Waals surface area contributed by atoms with Crippen molar-refractivity contribution in [2.24, 2.45) is 0 Å². The van der Waals surface area contributed by atoms with Gasteiger partial charge in [-0.15, -0.1) is 5.10 Å². The van der Waals surface area contributed by atoms with Crippen LogP contribution in [0.2, 0.25) is 10.0 Å². The standard InChI is InChI=1S/C24H25Cl2N7/c1-15(2)31-10-12-32(13-11-31)24-28-21(16-6-4-3-5-7-16)20-22(27)33(30-23(20)29-24)17-8-9-18(25)19(26)14-17/h3-9,14-15H,10-13,27H2,1-2H3. The van der Waals surface area contributed by atoms with Crippen LogP contribution in [0.15, 0.2) is 48.5 Å². The smallest absolute Gasteiger partial charge is 0.228 e. The van der Waals surface area contributed by atoms with E-state index in [1.807, 2.05) is 36.4 Å². The Kier molecular flexibility index (Phi) is 5.86. The highest BCUT2D eigenvalue weighted by atomic mass is 35.5. The van der Waals surface area contributed by atoms with E-state index in [1.165, 1.54) is 0 Å². The summed E-state index contributed by atoms with van der Waals surface area (Å²) >= 11 is 12.4. The van der Waals surface area contributed by atoms with E-state index in [2.05, 4.69) is 23.6 Å². The first kappa shape index (κ1) is 21.9. The summed E-state index contributed by atoms with van der Waals surface area (Å²) in [6, 6.07) is 15.8. The average Bonchev–Trinajstić information content (AvgIpc) is 3.17. The fraction of sp³-hybridized carbons (Fsp3) is 0.292. The molecule has 0 aliphatic carbocycles. The second-order valence-electron chi connectivity index (χ2n) is 8.45. The second-order valence-corrected chi connectivity index (χ2v) is 9.26. The van der Waals surface area contributed by atoms with Crippen LogP contribution in [0.4, 0.5) is 11.8 Å². The number of halogens is 2. The van der Waals surface area contributed by atoms with Crippen LogP contribution in [0.1, 0.15) is 13.8 Å². The number of benzene rings is 2. The zero-order valence-corrected chi connectivity index (χ0v) is 20.1. The number of piperazine rings is 1. The van der Waals surface area contributed by atoms with Gasteiger partial charge < -0.3 is 10.6 Å². The molecule has 1 saturated heterocycles. The predicted octanol–water partition coefficient (Wildman–Crippen LogP) is 4.90. The first-order chi connectivity index (χ1) is 15.9. The lowest BCUT2D eigenvalue weighted by atomic mass is 10.1. The highest BCUT2D eigenvalue weighted by Crippen LogP contribution is 2.34. The van der Waals surface area contributed by atoms with Gasteiger partial charge in [-0.2, -0.15) is 4.98 Å². The van der Waals surface area contributed by atoms with Gasteiger partial charge in [0.15, 0.2) is 5.65 Å². The molecule has 9 heteroatoms. The number of hydrogen-bond donors (Lipinski definition) is 1. The SMILES string of the molecule is CC(C)N1CCN(c2nc(-c3ccccc3)c3c(N)n(-c4ccc(Cl)c(Cl)c4)nc3n2)CC1. The molecule has 7 nitrogen and oxygen atoms in total. The van der Waals surface area contributed by atoms with Gasteiger partial charge in [0.05, 0.1) is 26.8 Å². The fourth-order valence-corrected chi connectivity index (χ4v) is 4.49. The Hall–Kier alpha value is -2.87. The normalized spacial score (nSPS) is 15.0. The molecule has 0 atom stereocenters. The molecule has 0 spiro atoms. The van der Waals surface area contributed by atoms with Crippen LogP contribution in [0.25, 0.3) is 28.0 Å². The van der Waals surface area contributed by atoms with Crippen molar-refractivity contribution in [1.29, 1.82) is 0 Å². The van der Waals surface area contributed by atoms with E-state index in [-0.39, 0.29) is 0 Å². The van der Waals surface area contributed by atoms with Crippen LogP contribution in [-0.2, 0) is 0 Å². The van der Waals surface area contributed by atoms with E-state index in [4.69, 9.17) is 44.0 Å². The summed E-state index contributed by atoms with van der Waals surface area (Å²) in [5, 5.41) is 6.37. The van der Waals surface area contributed by atoms with Crippen LogP contribution in [-0.4, -0.2) is 56.9 Å². The minimum atomic E-state index is 0.436. The number of nitrogens with two attached hydrogens (primary N) is 1. The summed E-state index contributed by atoms with van der Waals surface area (Å²) in [5.74, 6) is 1.13. The zero-order valence-electron chi connectivity index (χ0n) is 18.5. The predicted molar refractivity (Wildman–Crippen MR) is 135 cm³/mol. The van der Waals surface area contributed by atoms with Crippen molar-refractivity contribution in [1.82, 2.24) is 24.6 Å². The highest BCUT2D eigenvalue weighted by molar-refractivity contribution is 6.42. The van der Waals surface area contributed by atoms with Crippen LogP contribution in [0.5, 0.6) is 0 Å². The summed E-state index contributed by atoms with van der Waals surface area (Å²) in [7, 11) is 0. The Labute approximate surface area is 202 Å². The molecule has 0 unspecified atom stereocenters. The molecule has 2 aromatic carbocycles. The van der Waals surface area contributed by atoms with Gasteiger partial charge in [-0.3, -0.25) is 4.90 Å². The Balaban J connectivity index is 1.64. The molecule has 1 aliphatic heterocycles. The Morgan fingerprint density at radius 3 is 2.30 bits per heavy atom. The van der Waals surface area contributed by atoms with Gasteiger partial charge in [-0.1, -0.05) is 53.5 Å². The molecular weight excluding hydrogens is 457 g/mol. The zero-order chi connectivity index (χ0) is 23.1. The lowest BCUT2D eigenvalue weighted by molar-refractivity contribution is 0.208. The van der Waals surface area contributed by atoms with Crippen molar-refractivity contribution in [3.05, 3.63) is 58.6 Å². The van der Waals surface area contributed by atoms with E-state index >= 15 is 0 Å². The lowest BCUT2D eigenvalue weighted by Crippen LogP contribution is -2.49. The van der Waals surface area contributed by atoms with Crippen molar-refractivity contribution < 1.29 is 0 Å². The van der Waals surface area contributed by atoms with E-state index in [9.17, 15) is 0 Å². The van der Waals surface area contributed by atoms with Crippen molar-refractivity contribution >= 4 is 46.0 Å². The van der Waals surface area contributed by atoms with Crippen LogP contribution in [0.3, 0.4) is 0 Å². The summed E-state index contributed by atoms with van der Waals surface area (Å²) in [5.41, 5.74) is 9.60. The van der Waals surface area contributed by atoms with E-state index in [0.717, 1.165) is 42.8 Å². The second kappa shape index (κ2) is 8.82. The molecular formula is C24H25Cl2N7. The molecule has 4 aromatic rings. The molecule has 0 bridgehead atoms. The lowest BCUT2D eigenvalue weighted by Gasteiger charge is -2.36. The van der Waals surface area contributed by atoms with Gasteiger partial charge in [-0.05, 0) is 32.0 Å². The summed E-state index contributed by atoms with van der Waals surface area (Å²) < 4.78 is 1.65. The van der Waals surface area contributed by atoms with Gasteiger partial charge >= 0.3 is 0 Å². The molecule has 2 aromatic heterocycles. The summed E-state index contributed by atoms with van der Waals surface area (Å²) in [6.45, 7) is 8.12. The first-order valence-electron chi connectivity index (χ1n) is 11.0. The molecule has 1 aliphatic rings. The number of hydrogen-bond acceptors (Lipinski definition) is 6. The van der Waals surface area contributed by atoms with Gasteiger partial charge in [0.1, 0.15) is 5.82 Å². The van der Waals surface area contributed by atoms with Crippen molar-refractivity contribution in [3.8, 4) is 16.9 Å². The summed E-state index contributed by atoms with van der Waals surface area (Å²) in [6.07, 6.45) is 0. The van der Waals surface area contributed by atoms with E-state index < -0.39 is 0 Å². The molecule has 3 heterocycles. The maximum atomic E-state index is 6.60. The average molecular weight is 482 g/mol. The molecule has 0 amide bonds. The number of nitrogens with zero attached hydrogens (tertiary/aromatic N) is 6. The van der Waals surface area contributed by atoms with E-state index in [0.29, 0.717) is 39.2 Å². The third kappa shape index (κ3) is 4.12. The highest BCUT2D eigenvalue weighted by Gasteiger charge is 2.24. The fourth-order valence-electron chi connectivity index (χ4n) is 4.20. The third-order valence-electron chi connectivity index (χ3n) is 6.08. The van der Waals surface area contributed by atoms with Gasteiger partial charge in [0.2, 0.25) is 5.95 Å². The van der Waals surface area contributed by atoms with Crippen LogP contribution in [0, 0.1) is 0 Å². The molecule has 2 N–H and O–H groups in total. The Bertz CT molecular complexity index is 1300. The third-order valence-corrected chi connectivity index (χ3v) is 6.82. The molecule has 5 rings (SSSR count). The maximum Gasteiger partial charge on any atom is 0.228 e. The topological polar surface area (TPSA) is 76.1 Å². The molecule has 0 radical (unpaired) electrons. The van der Waals surface area contributed by atoms with Crippen LogP contribution >= 0.6 is 23.2 Å². The maximum absolute atomic E-state index is 6.60. The Morgan fingerprint density at radius 1 is 0.909 bits per heavy atom. The monoisotopic (exact) mass is 481 g/mol. The van der Waals surface area contributed by atoms with Crippen molar-refractivity contribution in [2.45, 2.75) is 19.9 Å². The van der Waals surface area contributed by atoms with Gasteiger partial charge in [0.25, 0.3) is 0 Å². The Morgan fingerprint density at radius 2 is 1.64 bits per heavy atom. The van der Waals surface area contributed by atoms with Crippen molar-refractivity contribution in [2.75, 3.05) is 36.8 Å². The van der Waals surface area contributed by atoms with E-state index in [1.54, 1.807) is 16.8 Å². The number of nitrogen functional groups attached to an aromatic ring is 1. The summed E-state index contributed by atoms with van der Waals surface area (Å²) in [4.78, 5) is 14.5. The molecule has 1 fully saturated rings.